The first kappa shape index (κ1) is 13.4. The number of ether oxygens (including phenoxy) is 1. The van der Waals surface area contributed by atoms with Gasteiger partial charge in [-0.05, 0) is 38.0 Å². The third kappa shape index (κ3) is 3.28. The number of rotatable bonds is 4. The van der Waals surface area contributed by atoms with Gasteiger partial charge in [-0.1, -0.05) is 0 Å². The van der Waals surface area contributed by atoms with Crippen LogP contribution in [0.3, 0.4) is 0 Å². The number of carbonyl (C=O) groups is 1. The largest absolute Gasteiger partial charge is 0.455 e. The van der Waals surface area contributed by atoms with Gasteiger partial charge in [0.1, 0.15) is 23.1 Å². The van der Waals surface area contributed by atoms with Crippen molar-refractivity contribution < 1.29 is 9.53 Å². The average Bonchev–Trinajstić information content (AvgIpc) is 3.27. The Balaban J connectivity index is 1.74. The molecule has 3 rings (SSSR count). The number of pyridine rings is 2. The highest BCUT2D eigenvalue weighted by atomic mass is 16.5. The van der Waals surface area contributed by atoms with Crippen molar-refractivity contribution in [3.63, 3.8) is 0 Å². The number of aryl methyl sites for hydroxylation is 1. The van der Waals surface area contributed by atoms with Gasteiger partial charge in [0.05, 0.1) is 5.69 Å². The van der Waals surface area contributed by atoms with Crippen molar-refractivity contribution in [2.45, 2.75) is 19.8 Å². The molecule has 0 aliphatic heterocycles. The van der Waals surface area contributed by atoms with Crippen LogP contribution in [0.25, 0.3) is 0 Å². The van der Waals surface area contributed by atoms with E-state index in [0.717, 1.165) is 12.8 Å². The Morgan fingerprint density at radius 1 is 1.38 bits per heavy atom. The number of hydrogen-bond acceptors (Lipinski definition) is 5. The maximum Gasteiger partial charge on any atom is 0.228 e. The van der Waals surface area contributed by atoms with E-state index < -0.39 is 0 Å². The second-order valence-corrected chi connectivity index (χ2v) is 5.06. The molecule has 0 aromatic carbocycles. The highest BCUT2D eigenvalue weighted by molar-refractivity contribution is 5.93. The molecule has 0 saturated heterocycles. The van der Waals surface area contributed by atoms with Gasteiger partial charge in [-0.3, -0.25) is 4.79 Å². The van der Waals surface area contributed by atoms with Crippen LogP contribution in [0.1, 0.15) is 18.5 Å². The number of anilines is 2. The molecule has 1 saturated carbocycles. The van der Waals surface area contributed by atoms with E-state index in [1.54, 1.807) is 30.5 Å². The van der Waals surface area contributed by atoms with E-state index in [2.05, 4.69) is 15.3 Å². The summed E-state index contributed by atoms with van der Waals surface area (Å²) in [6, 6.07) is 6.86. The van der Waals surface area contributed by atoms with Crippen LogP contribution < -0.4 is 15.8 Å². The van der Waals surface area contributed by atoms with E-state index in [1.165, 1.54) is 0 Å². The first-order valence-electron chi connectivity index (χ1n) is 6.80. The Bertz CT molecular complexity index is 683. The van der Waals surface area contributed by atoms with Gasteiger partial charge in [-0.2, -0.15) is 0 Å². The fourth-order valence-electron chi connectivity index (χ4n) is 1.92. The monoisotopic (exact) mass is 284 g/mol. The zero-order chi connectivity index (χ0) is 14.8. The molecule has 0 atom stereocenters. The second-order valence-electron chi connectivity index (χ2n) is 5.06. The average molecular weight is 284 g/mol. The van der Waals surface area contributed by atoms with Gasteiger partial charge in [0.15, 0.2) is 0 Å². The Hall–Kier alpha value is -2.63. The molecule has 0 bridgehead atoms. The molecule has 1 aliphatic rings. The Kier molecular flexibility index (Phi) is 3.43. The quantitative estimate of drug-likeness (QED) is 0.900. The van der Waals surface area contributed by atoms with Crippen molar-refractivity contribution in [1.82, 2.24) is 9.97 Å². The summed E-state index contributed by atoms with van der Waals surface area (Å²) in [6.07, 6.45) is 3.51. The third-order valence-corrected chi connectivity index (χ3v) is 3.22. The van der Waals surface area contributed by atoms with Crippen LogP contribution in [-0.4, -0.2) is 15.9 Å². The van der Waals surface area contributed by atoms with Gasteiger partial charge in [-0.25, -0.2) is 9.97 Å². The molecule has 1 fully saturated rings. The van der Waals surface area contributed by atoms with E-state index in [1.807, 2.05) is 6.92 Å². The molecule has 6 nitrogen and oxygen atoms in total. The zero-order valence-corrected chi connectivity index (χ0v) is 11.7. The SMILES string of the molecule is Cc1nc(N)ccc1Oc1ccnc(NC(=O)C2CC2)c1. The predicted octanol–water partition coefficient (Wildman–Crippen LogP) is 2.51. The standard InChI is InChI=1S/C15H16N4O2/c1-9-12(4-5-13(16)18-9)21-11-6-7-17-14(8-11)19-15(20)10-2-3-10/h4-8,10H,2-3H2,1H3,(H2,16,18)(H,17,19,20). The lowest BCUT2D eigenvalue weighted by atomic mass is 10.3. The number of hydrogen-bond donors (Lipinski definition) is 2. The molecule has 21 heavy (non-hydrogen) atoms. The number of amides is 1. The van der Waals surface area contributed by atoms with Gasteiger partial charge in [0, 0.05) is 18.2 Å². The van der Waals surface area contributed by atoms with Crippen LogP contribution in [0.4, 0.5) is 11.6 Å². The van der Waals surface area contributed by atoms with Crippen molar-refractivity contribution in [1.29, 1.82) is 0 Å². The number of nitrogen functional groups attached to an aromatic ring is 1. The Morgan fingerprint density at radius 2 is 2.19 bits per heavy atom. The lowest BCUT2D eigenvalue weighted by Crippen LogP contribution is -2.14. The molecule has 2 heterocycles. The molecule has 0 radical (unpaired) electrons. The highest BCUT2D eigenvalue weighted by Gasteiger charge is 2.29. The summed E-state index contributed by atoms with van der Waals surface area (Å²) in [5.41, 5.74) is 6.31. The summed E-state index contributed by atoms with van der Waals surface area (Å²) in [7, 11) is 0. The second kappa shape index (κ2) is 5.40. The molecule has 1 aliphatic carbocycles. The minimum atomic E-state index is 0.0185. The Labute approximate surface area is 122 Å². The molecule has 2 aromatic rings. The van der Waals surface area contributed by atoms with Crippen LogP contribution in [0.15, 0.2) is 30.5 Å². The minimum absolute atomic E-state index is 0.0185. The van der Waals surface area contributed by atoms with Crippen LogP contribution in [0.5, 0.6) is 11.5 Å². The first-order chi connectivity index (χ1) is 10.1. The number of nitrogens with two attached hydrogens (primary N) is 1. The molecule has 0 spiro atoms. The third-order valence-electron chi connectivity index (χ3n) is 3.22. The number of aromatic nitrogens is 2. The summed E-state index contributed by atoms with van der Waals surface area (Å²) < 4.78 is 5.75. The summed E-state index contributed by atoms with van der Waals surface area (Å²) in [5, 5.41) is 2.79. The van der Waals surface area contributed by atoms with Crippen molar-refractivity contribution in [3.8, 4) is 11.5 Å². The molecule has 2 aromatic heterocycles. The molecule has 6 heteroatoms. The molecular formula is C15H16N4O2. The van der Waals surface area contributed by atoms with E-state index in [9.17, 15) is 4.79 Å². The summed E-state index contributed by atoms with van der Waals surface area (Å²) in [6.45, 7) is 1.82. The van der Waals surface area contributed by atoms with Crippen molar-refractivity contribution in [2.75, 3.05) is 11.1 Å². The molecule has 0 unspecified atom stereocenters. The fourth-order valence-corrected chi connectivity index (χ4v) is 1.92. The lowest BCUT2D eigenvalue weighted by molar-refractivity contribution is -0.117. The Morgan fingerprint density at radius 3 is 2.90 bits per heavy atom. The molecular weight excluding hydrogens is 268 g/mol. The van der Waals surface area contributed by atoms with Crippen LogP contribution in [0, 0.1) is 12.8 Å². The topological polar surface area (TPSA) is 90.1 Å². The molecule has 108 valence electrons. The number of carbonyl (C=O) groups excluding carboxylic acids is 1. The highest BCUT2D eigenvalue weighted by Crippen LogP contribution is 2.30. The van der Waals surface area contributed by atoms with Crippen LogP contribution >= 0.6 is 0 Å². The van der Waals surface area contributed by atoms with Crippen molar-refractivity contribution >= 4 is 17.5 Å². The van der Waals surface area contributed by atoms with E-state index in [4.69, 9.17) is 10.5 Å². The minimum Gasteiger partial charge on any atom is -0.455 e. The van der Waals surface area contributed by atoms with Crippen molar-refractivity contribution in [2.24, 2.45) is 5.92 Å². The maximum atomic E-state index is 11.7. The number of nitrogens with zero attached hydrogens (tertiary/aromatic N) is 2. The normalized spacial score (nSPS) is 13.8. The smallest absolute Gasteiger partial charge is 0.228 e. The van der Waals surface area contributed by atoms with E-state index >= 15 is 0 Å². The summed E-state index contributed by atoms with van der Waals surface area (Å²) in [4.78, 5) is 20.0. The van der Waals surface area contributed by atoms with Gasteiger partial charge in [0.2, 0.25) is 5.91 Å². The van der Waals surface area contributed by atoms with E-state index in [-0.39, 0.29) is 11.8 Å². The van der Waals surface area contributed by atoms with Crippen LogP contribution in [0.2, 0.25) is 0 Å². The molecule has 3 N–H and O–H groups in total. The zero-order valence-electron chi connectivity index (χ0n) is 11.7. The van der Waals surface area contributed by atoms with E-state index in [0.29, 0.717) is 28.8 Å². The molecule has 1 amide bonds. The summed E-state index contributed by atoms with van der Waals surface area (Å²) >= 11 is 0. The van der Waals surface area contributed by atoms with Gasteiger partial charge in [0.25, 0.3) is 0 Å². The first-order valence-corrected chi connectivity index (χ1v) is 6.80. The summed E-state index contributed by atoms with van der Waals surface area (Å²) in [5.74, 6) is 2.31. The number of nitrogens with one attached hydrogen (secondary N) is 1. The van der Waals surface area contributed by atoms with Gasteiger partial charge < -0.3 is 15.8 Å². The lowest BCUT2D eigenvalue weighted by Gasteiger charge is -2.10. The maximum absolute atomic E-state index is 11.7. The fraction of sp³-hybridized carbons (Fsp3) is 0.267. The van der Waals surface area contributed by atoms with Crippen LogP contribution in [-0.2, 0) is 4.79 Å². The predicted molar refractivity (Wildman–Crippen MR) is 79.1 cm³/mol. The van der Waals surface area contributed by atoms with Gasteiger partial charge >= 0.3 is 0 Å². The van der Waals surface area contributed by atoms with Crippen molar-refractivity contribution in [3.05, 3.63) is 36.2 Å². The van der Waals surface area contributed by atoms with Gasteiger partial charge in [-0.15, -0.1) is 0 Å².